The molecule has 0 N–H and O–H groups in total. The monoisotopic (exact) mass is 236 g/mol. The summed E-state index contributed by atoms with van der Waals surface area (Å²) in [6, 6.07) is 0. The first-order valence-electron chi connectivity index (χ1n) is 3.98. The molecule has 0 rings (SSSR count). The van der Waals surface area contributed by atoms with Crippen LogP contribution in [0.1, 0.15) is 26.7 Å². The summed E-state index contributed by atoms with van der Waals surface area (Å²) in [6.07, 6.45) is 2.83. The molecule has 0 saturated carbocycles. The van der Waals surface area contributed by atoms with Crippen LogP contribution in [0.5, 0.6) is 0 Å². The molecule has 0 aromatic carbocycles. The molecule has 0 fully saturated rings. The van der Waals surface area contributed by atoms with Crippen LogP contribution in [0, 0.1) is 0 Å². The van der Waals surface area contributed by atoms with Crippen LogP contribution in [0.4, 0.5) is 0 Å². The van der Waals surface area contributed by atoms with Gasteiger partial charge in [-0.15, -0.1) is 0 Å². The van der Waals surface area contributed by atoms with E-state index in [0.717, 1.165) is 3.93 Å². The van der Waals surface area contributed by atoms with Gasteiger partial charge in [0.1, 0.15) is 0 Å². The van der Waals surface area contributed by atoms with Gasteiger partial charge in [-0.3, -0.25) is 0 Å². The van der Waals surface area contributed by atoms with E-state index in [1.54, 1.807) is 0 Å². The molecule has 1 heteroatoms. The van der Waals surface area contributed by atoms with Crippen LogP contribution >= 0.6 is 0 Å². The Bertz CT molecular complexity index is 71.1. The molecule has 0 bridgehead atoms. The average molecular weight is 235 g/mol. The van der Waals surface area contributed by atoms with Crippen LogP contribution in [0.25, 0.3) is 0 Å². The van der Waals surface area contributed by atoms with Crippen molar-refractivity contribution in [1.29, 1.82) is 0 Å². The molecule has 9 heavy (non-hydrogen) atoms. The van der Waals surface area contributed by atoms with Crippen molar-refractivity contribution in [3.63, 3.8) is 0 Å². The van der Waals surface area contributed by atoms with Crippen LogP contribution in [0.2, 0.25) is 18.8 Å². The number of hydrogen-bond donors (Lipinski definition) is 0. The molecule has 0 saturated heterocycles. The second-order valence-corrected chi connectivity index (χ2v) is 20.4. The SMILES string of the molecule is CCC[CH](C)[Sn]([CH3])([CH3])[CH3]. The number of hydrogen-bond acceptors (Lipinski definition) is 0. The summed E-state index contributed by atoms with van der Waals surface area (Å²) in [6.45, 7) is 4.72. The fraction of sp³-hybridized carbons (Fsp3) is 1.00. The summed E-state index contributed by atoms with van der Waals surface area (Å²) in [4.78, 5) is 7.57. The van der Waals surface area contributed by atoms with Gasteiger partial charge in [0.25, 0.3) is 0 Å². The van der Waals surface area contributed by atoms with Crippen molar-refractivity contribution in [2.75, 3.05) is 0 Å². The Morgan fingerprint density at radius 2 is 1.67 bits per heavy atom. The van der Waals surface area contributed by atoms with Crippen LogP contribution in [0.15, 0.2) is 0 Å². The number of rotatable bonds is 3. The van der Waals surface area contributed by atoms with Crippen molar-refractivity contribution in [3.05, 3.63) is 0 Å². The Hall–Kier alpha value is 0.799. The molecule has 56 valence electrons. The molecule has 0 nitrogen and oxygen atoms in total. The maximum atomic E-state index is 2.52. The summed E-state index contributed by atoms with van der Waals surface area (Å²) < 4.78 is 1.07. The van der Waals surface area contributed by atoms with E-state index in [9.17, 15) is 0 Å². The van der Waals surface area contributed by atoms with E-state index in [2.05, 4.69) is 28.7 Å². The van der Waals surface area contributed by atoms with Crippen molar-refractivity contribution in [2.24, 2.45) is 0 Å². The standard InChI is InChI=1S/C5H11.3CH3.Sn/c1-3-5-4-2;;;;/h3H,4-5H2,1-2H3;3*1H3;. The third-order valence-corrected chi connectivity index (χ3v) is 11.5. The maximum absolute atomic E-state index is 2.52. The van der Waals surface area contributed by atoms with E-state index >= 15 is 0 Å². The van der Waals surface area contributed by atoms with Crippen molar-refractivity contribution in [3.8, 4) is 0 Å². The summed E-state index contributed by atoms with van der Waals surface area (Å²) in [5.41, 5.74) is 0. The zero-order chi connectivity index (χ0) is 7.49. The molecule has 0 spiro atoms. The minimum atomic E-state index is -1.44. The summed E-state index contributed by atoms with van der Waals surface area (Å²) in [5.74, 6) is 0. The quantitative estimate of drug-likeness (QED) is 0.656. The van der Waals surface area contributed by atoms with E-state index in [4.69, 9.17) is 0 Å². The van der Waals surface area contributed by atoms with Gasteiger partial charge in [0, 0.05) is 0 Å². The Morgan fingerprint density at radius 1 is 1.22 bits per heavy atom. The van der Waals surface area contributed by atoms with E-state index < -0.39 is 18.4 Å². The first-order chi connectivity index (χ1) is 3.98. The Kier molecular flexibility index (Phi) is 4.19. The van der Waals surface area contributed by atoms with Gasteiger partial charge >= 0.3 is 63.8 Å². The second-order valence-electron chi connectivity index (χ2n) is 4.06. The molecule has 1 unspecified atom stereocenters. The zero-order valence-corrected chi connectivity index (χ0v) is 10.3. The van der Waals surface area contributed by atoms with Gasteiger partial charge in [-0.25, -0.2) is 0 Å². The van der Waals surface area contributed by atoms with Crippen LogP contribution in [0.3, 0.4) is 0 Å². The van der Waals surface area contributed by atoms with Crippen LogP contribution < -0.4 is 0 Å². The molecule has 0 aliphatic carbocycles. The zero-order valence-electron chi connectivity index (χ0n) is 7.49. The molecule has 1 atom stereocenters. The minimum absolute atomic E-state index is 1.07. The second kappa shape index (κ2) is 3.84. The third-order valence-electron chi connectivity index (χ3n) is 2.20. The van der Waals surface area contributed by atoms with Gasteiger partial charge in [0.05, 0.1) is 0 Å². The predicted octanol–water partition coefficient (Wildman–Crippen LogP) is 3.51. The predicted molar refractivity (Wildman–Crippen MR) is 47.7 cm³/mol. The first-order valence-corrected chi connectivity index (χ1v) is 14.2. The first kappa shape index (κ1) is 9.80. The fourth-order valence-electron chi connectivity index (χ4n) is 0.866. The molecule has 0 amide bonds. The van der Waals surface area contributed by atoms with Crippen molar-refractivity contribution in [1.82, 2.24) is 0 Å². The van der Waals surface area contributed by atoms with Crippen molar-refractivity contribution in [2.45, 2.75) is 45.4 Å². The summed E-state index contributed by atoms with van der Waals surface area (Å²) >= 11 is -1.44. The average Bonchev–Trinajstić information content (AvgIpc) is 1.64. The van der Waals surface area contributed by atoms with Crippen molar-refractivity contribution < 1.29 is 0 Å². The van der Waals surface area contributed by atoms with Crippen LogP contribution in [-0.2, 0) is 0 Å². The van der Waals surface area contributed by atoms with E-state index in [-0.39, 0.29) is 0 Å². The molecular weight excluding hydrogens is 215 g/mol. The topological polar surface area (TPSA) is 0 Å². The van der Waals surface area contributed by atoms with Gasteiger partial charge in [-0.2, -0.15) is 0 Å². The van der Waals surface area contributed by atoms with Gasteiger partial charge in [-0.1, -0.05) is 0 Å². The van der Waals surface area contributed by atoms with Gasteiger partial charge in [-0.05, 0) is 0 Å². The molecule has 0 heterocycles. The Labute approximate surface area is 63.9 Å². The molecule has 0 aromatic heterocycles. The van der Waals surface area contributed by atoms with Crippen molar-refractivity contribution >= 4 is 18.4 Å². The van der Waals surface area contributed by atoms with Crippen LogP contribution in [-0.4, -0.2) is 18.4 Å². The van der Waals surface area contributed by atoms with E-state index in [1.807, 2.05) is 0 Å². The molecule has 0 aromatic rings. The summed E-state index contributed by atoms with van der Waals surface area (Å²) in [5, 5.41) is 0. The Morgan fingerprint density at radius 3 is 1.78 bits per heavy atom. The fourth-order valence-corrected chi connectivity index (χ4v) is 4.16. The molecular formula is C8H20Sn. The van der Waals surface area contributed by atoms with E-state index in [1.165, 1.54) is 12.8 Å². The molecule has 0 aliphatic rings. The van der Waals surface area contributed by atoms with Gasteiger partial charge in [0.2, 0.25) is 0 Å². The van der Waals surface area contributed by atoms with Gasteiger partial charge in [0.15, 0.2) is 0 Å². The Balaban J connectivity index is 3.59. The van der Waals surface area contributed by atoms with E-state index in [0.29, 0.717) is 0 Å². The normalized spacial score (nSPS) is 15.7. The van der Waals surface area contributed by atoms with Gasteiger partial charge < -0.3 is 0 Å². The summed E-state index contributed by atoms with van der Waals surface area (Å²) in [7, 11) is 0. The molecule has 0 radical (unpaired) electrons. The molecule has 0 aliphatic heterocycles. The third kappa shape index (κ3) is 4.24.